The Balaban J connectivity index is 2.06. The van der Waals surface area contributed by atoms with Crippen molar-refractivity contribution in [1.29, 1.82) is 0 Å². The quantitative estimate of drug-likeness (QED) is 0.609. The van der Waals surface area contributed by atoms with Gasteiger partial charge in [-0.3, -0.25) is 0 Å². The van der Waals surface area contributed by atoms with E-state index in [-0.39, 0.29) is 5.82 Å². The van der Waals surface area contributed by atoms with E-state index >= 15 is 0 Å². The van der Waals surface area contributed by atoms with Gasteiger partial charge in [-0.25, -0.2) is 0 Å². The molecule has 0 aromatic carbocycles. The van der Waals surface area contributed by atoms with E-state index in [0.29, 0.717) is 17.4 Å². The standard InChI is InChI=1S/C10H16N4O2/c1-7-9(12-13-10(7)14(15)16)11-8-5-3-2-4-6-8/h8H,2-6H2,1H3,(H2,11,12,13). The van der Waals surface area contributed by atoms with Gasteiger partial charge in [0.2, 0.25) is 0 Å². The average Bonchev–Trinajstić information content (AvgIpc) is 2.62. The molecule has 1 aliphatic rings. The Bertz CT molecular complexity index is 382. The van der Waals surface area contributed by atoms with Crippen LogP contribution < -0.4 is 5.32 Å². The predicted octanol–water partition coefficient (Wildman–Crippen LogP) is 2.37. The molecule has 0 radical (unpaired) electrons. The van der Waals surface area contributed by atoms with E-state index < -0.39 is 4.92 Å². The Kier molecular flexibility index (Phi) is 3.07. The summed E-state index contributed by atoms with van der Waals surface area (Å²) in [7, 11) is 0. The molecule has 88 valence electrons. The summed E-state index contributed by atoms with van der Waals surface area (Å²) in [4.78, 5) is 10.2. The molecule has 6 heteroatoms. The fourth-order valence-corrected chi connectivity index (χ4v) is 2.15. The summed E-state index contributed by atoms with van der Waals surface area (Å²) >= 11 is 0. The van der Waals surface area contributed by atoms with Gasteiger partial charge < -0.3 is 15.4 Å². The Hall–Kier alpha value is -1.59. The molecule has 0 bridgehead atoms. The molecule has 1 saturated carbocycles. The Labute approximate surface area is 93.6 Å². The minimum absolute atomic E-state index is 0.0155. The normalized spacial score (nSPS) is 17.3. The molecule has 2 N–H and O–H groups in total. The van der Waals surface area contributed by atoms with Crippen LogP contribution in [-0.4, -0.2) is 21.2 Å². The van der Waals surface area contributed by atoms with Gasteiger partial charge in [-0.15, -0.1) is 5.10 Å². The lowest BCUT2D eigenvalue weighted by atomic mass is 9.95. The van der Waals surface area contributed by atoms with Crippen LogP contribution in [0.4, 0.5) is 11.6 Å². The third kappa shape index (κ3) is 2.15. The van der Waals surface area contributed by atoms with Crippen LogP contribution in [0.1, 0.15) is 37.7 Å². The van der Waals surface area contributed by atoms with Crippen LogP contribution in [0.15, 0.2) is 0 Å². The minimum Gasteiger partial charge on any atom is -0.364 e. The smallest absolute Gasteiger partial charge is 0.347 e. The maximum absolute atomic E-state index is 10.6. The molecule has 6 nitrogen and oxygen atoms in total. The van der Waals surface area contributed by atoms with Gasteiger partial charge in [0.25, 0.3) is 0 Å². The van der Waals surface area contributed by atoms with E-state index in [1.807, 2.05) is 0 Å². The number of rotatable bonds is 3. The van der Waals surface area contributed by atoms with Crippen LogP contribution in [0, 0.1) is 17.0 Å². The highest BCUT2D eigenvalue weighted by Crippen LogP contribution is 2.25. The van der Waals surface area contributed by atoms with Crippen LogP contribution >= 0.6 is 0 Å². The summed E-state index contributed by atoms with van der Waals surface area (Å²) in [6.07, 6.45) is 5.99. The van der Waals surface area contributed by atoms with Crippen LogP contribution in [-0.2, 0) is 0 Å². The van der Waals surface area contributed by atoms with Crippen LogP contribution in [0.5, 0.6) is 0 Å². The molecule has 0 amide bonds. The van der Waals surface area contributed by atoms with E-state index in [9.17, 15) is 10.1 Å². The van der Waals surface area contributed by atoms with Crippen molar-refractivity contribution in [2.75, 3.05) is 5.32 Å². The summed E-state index contributed by atoms with van der Waals surface area (Å²) < 4.78 is 0. The van der Waals surface area contributed by atoms with Gasteiger partial charge in [0.1, 0.15) is 0 Å². The molecule has 16 heavy (non-hydrogen) atoms. The zero-order valence-electron chi connectivity index (χ0n) is 9.32. The topological polar surface area (TPSA) is 83.8 Å². The lowest BCUT2D eigenvalue weighted by Crippen LogP contribution is -2.22. The zero-order chi connectivity index (χ0) is 11.5. The summed E-state index contributed by atoms with van der Waals surface area (Å²) in [6.45, 7) is 1.72. The number of anilines is 1. The summed E-state index contributed by atoms with van der Waals surface area (Å²) in [5.41, 5.74) is 0.593. The molecule has 1 aromatic rings. The van der Waals surface area contributed by atoms with Crippen molar-refractivity contribution in [2.45, 2.75) is 45.1 Å². The highest BCUT2D eigenvalue weighted by atomic mass is 16.6. The van der Waals surface area contributed by atoms with Crippen molar-refractivity contribution in [3.05, 3.63) is 15.7 Å². The highest BCUT2D eigenvalue weighted by molar-refractivity contribution is 5.52. The lowest BCUT2D eigenvalue weighted by molar-refractivity contribution is -0.390. The third-order valence-corrected chi connectivity index (χ3v) is 3.11. The highest BCUT2D eigenvalue weighted by Gasteiger charge is 2.21. The largest absolute Gasteiger partial charge is 0.364 e. The molecule has 0 spiro atoms. The van der Waals surface area contributed by atoms with E-state index in [1.54, 1.807) is 6.92 Å². The number of hydrogen-bond acceptors (Lipinski definition) is 4. The lowest BCUT2D eigenvalue weighted by Gasteiger charge is -2.22. The number of hydrogen-bond donors (Lipinski definition) is 2. The van der Waals surface area contributed by atoms with Crippen LogP contribution in [0.3, 0.4) is 0 Å². The first kappa shape index (κ1) is 10.9. The maximum atomic E-state index is 10.6. The second kappa shape index (κ2) is 4.51. The monoisotopic (exact) mass is 224 g/mol. The summed E-state index contributed by atoms with van der Waals surface area (Å²) in [6, 6.07) is 0.412. The fourth-order valence-electron chi connectivity index (χ4n) is 2.15. The van der Waals surface area contributed by atoms with Gasteiger partial charge in [-0.2, -0.15) is 0 Å². The number of nitrogens with one attached hydrogen (secondary N) is 2. The molecule has 1 fully saturated rings. The average molecular weight is 224 g/mol. The predicted molar refractivity (Wildman–Crippen MR) is 60.5 cm³/mol. The number of nitro groups is 1. The van der Waals surface area contributed by atoms with Gasteiger partial charge in [0.05, 0.1) is 5.56 Å². The fraction of sp³-hybridized carbons (Fsp3) is 0.700. The van der Waals surface area contributed by atoms with Crippen molar-refractivity contribution >= 4 is 11.6 Å². The van der Waals surface area contributed by atoms with Crippen molar-refractivity contribution in [2.24, 2.45) is 0 Å². The number of aromatic amines is 1. The van der Waals surface area contributed by atoms with E-state index in [0.717, 1.165) is 12.8 Å². The Morgan fingerprint density at radius 1 is 1.44 bits per heavy atom. The SMILES string of the molecule is Cc1c(NC2CCCCC2)n[nH]c1[N+](=O)[O-]. The van der Waals surface area contributed by atoms with Crippen molar-refractivity contribution in [1.82, 2.24) is 10.2 Å². The molecule has 0 aliphatic heterocycles. The van der Waals surface area contributed by atoms with E-state index in [4.69, 9.17) is 0 Å². The molecule has 2 rings (SSSR count). The Morgan fingerprint density at radius 3 is 2.69 bits per heavy atom. The molecule has 0 atom stereocenters. The van der Waals surface area contributed by atoms with Gasteiger partial charge in [0.15, 0.2) is 5.82 Å². The summed E-state index contributed by atoms with van der Waals surface area (Å²) in [5, 5.41) is 20.3. The van der Waals surface area contributed by atoms with Crippen molar-refractivity contribution in [3.63, 3.8) is 0 Å². The van der Waals surface area contributed by atoms with Gasteiger partial charge >= 0.3 is 5.82 Å². The number of H-pyrrole nitrogens is 1. The zero-order valence-corrected chi connectivity index (χ0v) is 9.32. The van der Waals surface area contributed by atoms with E-state index in [2.05, 4.69) is 15.5 Å². The number of aromatic nitrogens is 2. The second-order valence-electron chi connectivity index (χ2n) is 4.28. The van der Waals surface area contributed by atoms with Crippen LogP contribution in [0.25, 0.3) is 0 Å². The molecule has 1 aromatic heterocycles. The summed E-state index contributed by atoms with van der Waals surface area (Å²) in [5.74, 6) is 0.608. The minimum atomic E-state index is -0.436. The van der Waals surface area contributed by atoms with Crippen molar-refractivity contribution < 1.29 is 4.92 Å². The van der Waals surface area contributed by atoms with Gasteiger partial charge in [-0.05, 0) is 24.7 Å². The first-order valence-electron chi connectivity index (χ1n) is 5.64. The van der Waals surface area contributed by atoms with Crippen molar-refractivity contribution in [3.8, 4) is 0 Å². The molecule has 1 heterocycles. The second-order valence-corrected chi connectivity index (χ2v) is 4.28. The molecular weight excluding hydrogens is 208 g/mol. The third-order valence-electron chi connectivity index (χ3n) is 3.11. The molecule has 0 unspecified atom stereocenters. The van der Waals surface area contributed by atoms with Crippen LogP contribution in [0.2, 0.25) is 0 Å². The Morgan fingerprint density at radius 2 is 2.12 bits per heavy atom. The first-order valence-corrected chi connectivity index (χ1v) is 5.64. The van der Waals surface area contributed by atoms with Gasteiger partial charge in [0, 0.05) is 6.04 Å². The molecule has 0 saturated heterocycles. The maximum Gasteiger partial charge on any atom is 0.347 e. The first-order chi connectivity index (χ1) is 7.68. The molecule has 1 aliphatic carbocycles. The molecular formula is C10H16N4O2. The number of nitrogens with zero attached hydrogens (tertiary/aromatic N) is 2. The van der Waals surface area contributed by atoms with E-state index in [1.165, 1.54) is 19.3 Å². The van der Waals surface area contributed by atoms with Gasteiger partial charge in [-0.1, -0.05) is 24.4 Å².